The number of halogens is 1. The van der Waals surface area contributed by atoms with E-state index in [9.17, 15) is 9.18 Å². The summed E-state index contributed by atoms with van der Waals surface area (Å²) >= 11 is 0. The standard InChI is InChI=1S/C26H33FN2O2/c1-18(2)17-31-25-9-5-19(6-10-25)11-26(30)29(16-20-3-7-23(27)8-4-20)24-12-21-14-28-15-22(21)13-24/h3-10,18,21-22,24,28H,11-17H2,1-2H3/t21-,22+,24-. The van der Waals surface area contributed by atoms with E-state index in [-0.39, 0.29) is 17.8 Å². The van der Waals surface area contributed by atoms with Gasteiger partial charge in [-0.15, -0.1) is 0 Å². The number of hydrogen-bond donors (Lipinski definition) is 1. The van der Waals surface area contributed by atoms with Gasteiger partial charge in [-0.25, -0.2) is 4.39 Å². The van der Waals surface area contributed by atoms with Crippen LogP contribution < -0.4 is 10.1 Å². The molecule has 1 amide bonds. The molecule has 1 aliphatic carbocycles. The lowest BCUT2D eigenvalue weighted by molar-refractivity contribution is -0.133. The number of fused-ring (bicyclic) bond motifs is 1. The van der Waals surface area contributed by atoms with Crippen LogP contribution in [-0.2, 0) is 17.8 Å². The van der Waals surface area contributed by atoms with Gasteiger partial charge in [0.1, 0.15) is 11.6 Å². The summed E-state index contributed by atoms with van der Waals surface area (Å²) in [6.07, 6.45) is 2.47. The van der Waals surface area contributed by atoms with Crippen LogP contribution in [0.3, 0.4) is 0 Å². The normalized spacial score (nSPS) is 22.5. The first kappa shape index (κ1) is 21.8. The number of nitrogens with zero attached hydrogens (tertiary/aromatic N) is 1. The van der Waals surface area contributed by atoms with Crippen molar-refractivity contribution >= 4 is 5.91 Å². The van der Waals surface area contributed by atoms with Crippen molar-refractivity contribution in [1.82, 2.24) is 10.2 Å². The van der Waals surface area contributed by atoms with Crippen LogP contribution in [0, 0.1) is 23.6 Å². The average Bonchev–Trinajstić information content (AvgIpc) is 3.35. The van der Waals surface area contributed by atoms with Crippen molar-refractivity contribution in [3.63, 3.8) is 0 Å². The zero-order valence-corrected chi connectivity index (χ0v) is 18.5. The first-order chi connectivity index (χ1) is 15.0. The molecule has 1 saturated carbocycles. The highest BCUT2D eigenvalue weighted by Gasteiger charge is 2.40. The fraction of sp³-hybridized carbons (Fsp3) is 0.500. The highest BCUT2D eigenvalue weighted by Crippen LogP contribution is 2.37. The van der Waals surface area contributed by atoms with Crippen molar-refractivity contribution in [3.05, 3.63) is 65.5 Å². The molecule has 1 saturated heterocycles. The molecule has 2 fully saturated rings. The fourth-order valence-corrected chi connectivity index (χ4v) is 4.84. The number of hydrogen-bond acceptors (Lipinski definition) is 3. The van der Waals surface area contributed by atoms with Crippen molar-refractivity contribution in [2.45, 2.75) is 45.7 Å². The van der Waals surface area contributed by atoms with Crippen molar-refractivity contribution in [1.29, 1.82) is 0 Å². The number of amides is 1. The van der Waals surface area contributed by atoms with E-state index in [0.717, 1.165) is 42.8 Å². The number of benzene rings is 2. The third-order valence-corrected chi connectivity index (χ3v) is 6.52. The van der Waals surface area contributed by atoms with Gasteiger partial charge in [0, 0.05) is 12.6 Å². The van der Waals surface area contributed by atoms with Gasteiger partial charge in [0.25, 0.3) is 0 Å². The van der Waals surface area contributed by atoms with E-state index in [1.807, 2.05) is 29.2 Å². The number of nitrogens with one attached hydrogen (secondary N) is 1. The van der Waals surface area contributed by atoms with Gasteiger partial charge in [0.05, 0.1) is 13.0 Å². The van der Waals surface area contributed by atoms with Crippen LogP contribution in [0.25, 0.3) is 0 Å². The molecule has 1 heterocycles. The summed E-state index contributed by atoms with van der Waals surface area (Å²) in [5, 5.41) is 3.47. The van der Waals surface area contributed by atoms with Gasteiger partial charge >= 0.3 is 0 Å². The topological polar surface area (TPSA) is 41.6 Å². The van der Waals surface area contributed by atoms with Crippen LogP contribution in [0.1, 0.15) is 37.8 Å². The second-order valence-electron chi connectivity index (χ2n) is 9.48. The lowest BCUT2D eigenvalue weighted by Crippen LogP contribution is -2.40. The molecule has 3 atom stereocenters. The minimum Gasteiger partial charge on any atom is -0.493 e. The number of ether oxygens (including phenoxy) is 1. The molecule has 166 valence electrons. The number of carbonyl (C=O) groups is 1. The van der Waals surface area contributed by atoms with Gasteiger partial charge < -0.3 is 15.0 Å². The van der Waals surface area contributed by atoms with Crippen LogP contribution in [0.5, 0.6) is 5.75 Å². The molecule has 0 aromatic heterocycles. The molecular formula is C26H33FN2O2. The van der Waals surface area contributed by atoms with E-state index in [2.05, 4.69) is 19.2 Å². The van der Waals surface area contributed by atoms with Gasteiger partial charge in [-0.05, 0) is 79.1 Å². The monoisotopic (exact) mass is 424 g/mol. The Hall–Kier alpha value is -2.40. The average molecular weight is 425 g/mol. The van der Waals surface area contributed by atoms with Gasteiger partial charge in [0.2, 0.25) is 5.91 Å². The molecule has 1 aliphatic heterocycles. The van der Waals surface area contributed by atoms with Crippen LogP contribution in [0.2, 0.25) is 0 Å². The Kier molecular flexibility index (Phi) is 6.91. The molecule has 31 heavy (non-hydrogen) atoms. The Bertz CT molecular complexity index is 854. The number of carbonyl (C=O) groups excluding carboxylic acids is 1. The van der Waals surface area contributed by atoms with E-state index in [0.29, 0.717) is 37.3 Å². The lowest BCUT2D eigenvalue weighted by atomic mass is 10.0. The molecule has 2 aromatic carbocycles. The minimum absolute atomic E-state index is 0.137. The Morgan fingerprint density at radius 2 is 1.65 bits per heavy atom. The lowest BCUT2D eigenvalue weighted by Gasteiger charge is -2.30. The van der Waals surface area contributed by atoms with Gasteiger partial charge in [-0.1, -0.05) is 38.1 Å². The van der Waals surface area contributed by atoms with E-state index in [4.69, 9.17) is 4.74 Å². The molecule has 2 aliphatic rings. The summed E-state index contributed by atoms with van der Waals surface area (Å²) in [5.41, 5.74) is 1.97. The SMILES string of the molecule is CC(C)COc1ccc(CC(=O)N(Cc2ccc(F)cc2)[C@H]2C[C@H]3CNC[C@H]3C2)cc1. The molecule has 2 aromatic rings. The van der Waals surface area contributed by atoms with Crippen LogP contribution in [-0.4, -0.2) is 36.5 Å². The van der Waals surface area contributed by atoms with E-state index in [1.54, 1.807) is 12.1 Å². The van der Waals surface area contributed by atoms with Crippen LogP contribution in [0.15, 0.2) is 48.5 Å². The Morgan fingerprint density at radius 1 is 1.03 bits per heavy atom. The van der Waals surface area contributed by atoms with Crippen LogP contribution >= 0.6 is 0 Å². The van der Waals surface area contributed by atoms with Crippen molar-refractivity contribution in [2.24, 2.45) is 17.8 Å². The summed E-state index contributed by atoms with van der Waals surface area (Å²) in [5.74, 6) is 2.52. The fourth-order valence-electron chi connectivity index (χ4n) is 4.84. The summed E-state index contributed by atoms with van der Waals surface area (Å²) in [6, 6.07) is 14.6. The molecule has 4 nitrogen and oxygen atoms in total. The molecule has 0 bridgehead atoms. The zero-order valence-electron chi connectivity index (χ0n) is 18.5. The van der Waals surface area contributed by atoms with E-state index >= 15 is 0 Å². The summed E-state index contributed by atoms with van der Waals surface area (Å²) in [7, 11) is 0. The van der Waals surface area contributed by atoms with E-state index in [1.165, 1.54) is 12.1 Å². The molecule has 0 spiro atoms. The maximum Gasteiger partial charge on any atom is 0.227 e. The zero-order chi connectivity index (χ0) is 21.8. The number of rotatable bonds is 8. The van der Waals surface area contributed by atoms with Crippen molar-refractivity contribution < 1.29 is 13.9 Å². The molecule has 0 unspecified atom stereocenters. The molecule has 5 heteroatoms. The largest absolute Gasteiger partial charge is 0.493 e. The predicted molar refractivity (Wildman–Crippen MR) is 120 cm³/mol. The molecule has 1 N–H and O–H groups in total. The Labute approximate surface area is 184 Å². The Morgan fingerprint density at radius 3 is 2.26 bits per heavy atom. The van der Waals surface area contributed by atoms with Gasteiger partial charge in [-0.3, -0.25) is 4.79 Å². The highest BCUT2D eigenvalue weighted by molar-refractivity contribution is 5.79. The highest BCUT2D eigenvalue weighted by atomic mass is 19.1. The van der Waals surface area contributed by atoms with E-state index < -0.39 is 0 Å². The molecular weight excluding hydrogens is 391 g/mol. The smallest absolute Gasteiger partial charge is 0.227 e. The van der Waals surface area contributed by atoms with Crippen LogP contribution in [0.4, 0.5) is 4.39 Å². The van der Waals surface area contributed by atoms with Crippen molar-refractivity contribution in [3.8, 4) is 5.75 Å². The summed E-state index contributed by atoms with van der Waals surface area (Å²) < 4.78 is 19.1. The first-order valence-corrected chi connectivity index (χ1v) is 11.4. The third-order valence-electron chi connectivity index (χ3n) is 6.52. The maximum absolute atomic E-state index is 13.4. The molecule has 0 radical (unpaired) electrons. The summed E-state index contributed by atoms with van der Waals surface area (Å²) in [4.78, 5) is 15.4. The first-order valence-electron chi connectivity index (χ1n) is 11.4. The second kappa shape index (κ2) is 9.82. The predicted octanol–water partition coefficient (Wildman–Crippen LogP) is 4.43. The second-order valence-corrected chi connectivity index (χ2v) is 9.48. The Balaban J connectivity index is 1.45. The van der Waals surface area contributed by atoms with Crippen molar-refractivity contribution in [2.75, 3.05) is 19.7 Å². The minimum atomic E-state index is -0.247. The van der Waals surface area contributed by atoms with Gasteiger partial charge in [0.15, 0.2) is 0 Å². The molecule has 4 rings (SSSR count). The maximum atomic E-state index is 13.4. The summed E-state index contributed by atoms with van der Waals surface area (Å²) in [6.45, 7) is 7.57. The quantitative estimate of drug-likeness (QED) is 0.682. The third kappa shape index (κ3) is 5.65. The van der Waals surface area contributed by atoms with Gasteiger partial charge in [-0.2, -0.15) is 0 Å².